The summed E-state index contributed by atoms with van der Waals surface area (Å²) >= 11 is 0. The first-order valence-corrected chi connectivity index (χ1v) is 8.94. The summed E-state index contributed by atoms with van der Waals surface area (Å²) in [6, 6.07) is 2.88. The smallest absolute Gasteiger partial charge is 0.248 e. The van der Waals surface area contributed by atoms with Gasteiger partial charge in [0.05, 0.1) is 21.3 Å². The van der Waals surface area contributed by atoms with Crippen molar-refractivity contribution in [2.24, 2.45) is 5.92 Å². The van der Waals surface area contributed by atoms with Gasteiger partial charge in [-0.1, -0.05) is 6.92 Å². The van der Waals surface area contributed by atoms with Crippen molar-refractivity contribution in [2.45, 2.75) is 24.3 Å². The fourth-order valence-corrected chi connectivity index (χ4v) is 4.29. The molecule has 2 atom stereocenters. The van der Waals surface area contributed by atoms with E-state index in [-0.39, 0.29) is 40.8 Å². The predicted octanol–water partition coefficient (Wildman–Crippen LogP) is 1.41. The quantitative estimate of drug-likeness (QED) is 0.776. The molecule has 0 saturated carbocycles. The van der Waals surface area contributed by atoms with Crippen LogP contribution in [-0.2, 0) is 10.0 Å². The van der Waals surface area contributed by atoms with Crippen LogP contribution in [0.4, 0.5) is 0 Å². The number of methoxy groups -OCH3 is 3. The zero-order valence-corrected chi connectivity index (χ0v) is 15.9. The van der Waals surface area contributed by atoms with Gasteiger partial charge in [0.1, 0.15) is 17.2 Å². The molecule has 2 unspecified atom stereocenters. The largest absolute Gasteiger partial charge is 0.496 e. The standard InChI is InChI=1S/C15H24N2O5S.ClH/c1-10-5-6-16-9-12(10)17-23(18,19)15-13(21-3)7-11(20-2)8-14(15)22-4;/h7-8,10,12,16-17H,5-6,9H2,1-4H3;1H. The Morgan fingerprint density at radius 2 is 1.71 bits per heavy atom. The van der Waals surface area contributed by atoms with E-state index >= 15 is 0 Å². The summed E-state index contributed by atoms with van der Waals surface area (Å²) in [6.45, 7) is 3.53. The molecule has 1 aromatic carbocycles. The molecule has 1 fully saturated rings. The highest BCUT2D eigenvalue weighted by Gasteiger charge is 2.31. The minimum Gasteiger partial charge on any atom is -0.496 e. The lowest BCUT2D eigenvalue weighted by molar-refractivity contribution is 0.324. The molecule has 1 aromatic rings. The van der Waals surface area contributed by atoms with Gasteiger partial charge in [0.25, 0.3) is 0 Å². The van der Waals surface area contributed by atoms with Crippen LogP contribution in [0, 0.1) is 5.92 Å². The maximum Gasteiger partial charge on any atom is 0.248 e. The molecule has 0 aliphatic carbocycles. The Hall–Kier alpha value is -1.22. The van der Waals surface area contributed by atoms with Gasteiger partial charge in [-0.25, -0.2) is 13.1 Å². The Labute approximate surface area is 149 Å². The second-order valence-corrected chi connectivity index (χ2v) is 7.21. The van der Waals surface area contributed by atoms with Gasteiger partial charge in [0, 0.05) is 24.7 Å². The summed E-state index contributed by atoms with van der Waals surface area (Å²) in [6.07, 6.45) is 0.921. The molecular weight excluding hydrogens is 356 g/mol. The van der Waals surface area contributed by atoms with E-state index in [0.29, 0.717) is 12.3 Å². The number of ether oxygens (including phenoxy) is 3. The number of halogens is 1. The second-order valence-electron chi connectivity index (χ2n) is 5.56. The van der Waals surface area contributed by atoms with Crippen molar-refractivity contribution in [1.29, 1.82) is 0 Å². The van der Waals surface area contributed by atoms with Crippen LogP contribution in [0.2, 0.25) is 0 Å². The Morgan fingerprint density at radius 3 is 2.17 bits per heavy atom. The molecule has 0 aromatic heterocycles. The van der Waals surface area contributed by atoms with Crippen molar-refractivity contribution >= 4 is 22.4 Å². The molecule has 0 amide bonds. The highest BCUT2D eigenvalue weighted by molar-refractivity contribution is 7.89. The average molecular weight is 381 g/mol. The summed E-state index contributed by atoms with van der Waals surface area (Å²) in [5.74, 6) is 1.09. The second kappa shape index (κ2) is 8.75. The van der Waals surface area contributed by atoms with Crippen molar-refractivity contribution in [3.05, 3.63) is 12.1 Å². The molecule has 0 radical (unpaired) electrons. The SMILES string of the molecule is COc1cc(OC)c(S(=O)(=O)NC2CNCCC2C)c(OC)c1.Cl. The van der Waals surface area contributed by atoms with Crippen LogP contribution in [0.15, 0.2) is 17.0 Å². The van der Waals surface area contributed by atoms with Gasteiger partial charge in [-0.05, 0) is 18.9 Å². The Bertz CT molecular complexity index is 628. The van der Waals surface area contributed by atoms with Crippen LogP contribution in [-0.4, -0.2) is 48.9 Å². The van der Waals surface area contributed by atoms with Crippen molar-refractivity contribution in [1.82, 2.24) is 10.0 Å². The van der Waals surface area contributed by atoms with Gasteiger partial charge in [0.15, 0.2) is 4.90 Å². The topological polar surface area (TPSA) is 85.9 Å². The Balaban J connectivity index is 0.00000288. The maximum atomic E-state index is 12.9. The molecule has 7 nitrogen and oxygen atoms in total. The first kappa shape index (κ1) is 20.8. The van der Waals surface area contributed by atoms with E-state index in [9.17, 15) is 8.42 Å². The monoisotopic (exact) mass is 380 g/mol. The number of sulfonamides is 1. The predicted molar refractivity (Wildman–Crippen MR) is 94.1 cm³/mol. The van der Waals surface area contributed by atoms with Crippen LogP contribution in [0.3, 0.4) is 0 Å². The lowest BCUT2D eigenvalue weighted by Gasteiger charge is -2.30. The van der Waals surface area contributed by atoms with Crippen LogP contribution in [0.1, 0.15) is 13.3 Å². The van der Waals surface area contributed by atoms with E-state index in [4.69, 9.17) is 14.2 Å². The number of benzene rings is 1. The summed E-state index contributed by atoms with van der Waals surface area (Å²) in [7, 11) is 0.527. The van der Waals surface area contributed by atoms with Crippen molar-refractivity contribution in [3.63, 3.8) is 0 Å². The third kappa shape index (κ3) is 4.44. The average Bonchev–Trinajstić information content (AvgIpc) is 2.55. The molecule has 24 heavy (non-hydrogen) atoms. The van der Waals surface area contributed by atoms with Crippen LogP contribution < -0.4 is 24.2 Å². The van der Waals surface area contributed by atoms with Crippen molar-refractivity contribution in [3.8, 4) is 17.2 Å². The maximum absolute atomic E-state index is 12.9. The third-order valence-electron chi connectivity index (χ3n) is 4.07. The summed E-state index contributed by atoms with van der Waals surface area (Å²) in [5.41, 5.74) is 0. The zero-order chi connectivity index (χ0) is 17.0. The summed E-state index contributed by atoms with van der Waals surface area (Å²) in [5, 5.41) is 3.21. The summed E-state index contributed by atoms with van der Waals surface area (Å²) in [4.78, 5) is -0.0129. The lowest BCUT2D eigenvalue weighted by Crippen LogP contribution is -2.50. The molecule has 138 valence electrons. The Kier molecular flexibility index (Phi) is 7.59. The van der Waals surface area contributed by atoms with Gasteiger partial charge in [-0.2, -0.15) is 0 Å². The van der Waals surface area contributed by atoms with Crippen molar-refractivity contribution in [2.75, 3.05) is 34.4 Å². The molecule has 2 N–H and O–H groups in total. The molecule has 1 saturated heterocycles. The van der Waals surface area contributed by atoms with Gasteiger partial charge < -0.3 is 19.5 Å². The Morgan fingerprint density at radius 1 is 1.12 bits per heavy atom. The summed E-state index contributed by atoms with van der Waals surface area (Å²) < 4.78 is 44.1. The minimum absolute atomic E-state index is 0. The first-order chi connectivity index (χ1) is 10.9. The molecule has 2 rings (SSSR count). The minimum atomic E-state index is -3.80. The molecule has 0 bridgehead atoms. The highest BCUT2D eigenvalue weighted by atomic mass is 35.5. The van der Waals surface area contributed by atoms with Gasteiger partial charge in [-0.3, -0.25) is 0 Å². The number of piperidine rings is 1. The van der Waals surface area contributed by atoms with E-state index < -0.39 is 10.0 Å². The number of hydrogen-bond donors (Lipinski definition) is 2. The van der Waals surface area contributed by atoms with Crippen molar-refractivity contribution < 1.29 is 22.6 Å². The van der Waals surface area contributed by atoms with Gasteiger partial charge in [0.2, 0.25) is 10.0 Å². The molecule has 0 spiro atoms. The molecule has 1 aliphatic rings. The number of hydrogen-bond acceptors (Lipinski definition) is 6. The van der Waals surface area contributed by atoms with E-state index in [1.54, 1.807) is 0 Å². The zero-order valence-electron chi connectivity index (χ0n) is 14.3. The van der Waals surface area contributed by atoms with E-state index in [2.05, 4.69) is 10.0 Å². The molecule has 1 aliphatic heterocycles. The molecule has 1 heterocycles. The van der Waals surface area contributed by atoms with Crippen LogP contribution in [0.25, 0.3) is 0 Å². The number of rotatable bonds is 6. The lowest BCUT2D eigenvalue weighted by atomic mass is 9.96. The van der Waals surface area contributed by atoms with Crippen LogP contribution >= 0.6 is 12.4 Å². The number of nitrogens with one attached hydrogen (secondary N) is 2. The van der Waals surface area contributed by atoms with Gasteiger partial charge >= 0.3 is 0 Å². The molecular formula is C15H25ClN2O5S. The van der Waals surface area contributed by atoms with Gasteiger partial charge in [-0.15, -0.1) is 12.4 Å². The first-order valence-electron chi connectivity index (χ1n) is 7.46. The van der Waals surface area contributed by atoms with E-state index in [0.717, 1.165) is 13.0 Å². The molecule has 9 heteroatoms. The highest BCUT2D eigenvalue weighted by Crippen LogP contribution is 2.37. The fourth-order valence-electron chi connectivity index (χ4n) is 2.64. The van der Waals surface area contributed by atoms with Crippen LogP contribution in [0.5, 0.6) is 17.2 Å². The van der Waals surface area contributed by atoms with E-state index in [1.807, 2.05) is 6.92 Å². The normalized spacial score (nSPS) is 20.8. The van der Waals surface area contributed by atoms with E-state index in [1.165, 1.54) is 33.5 Å². The third-order valence-corrected chi connectivity index (χ3v) is 5.63. The fraction of sp³-hybridized carbons (Fsp3) is 0.600.